The molecule has 0 aliphatic carbocycles. The fraction of sp³-hybridized carbons (Fsp3) is 1.00. The standard InChI is InChI=1S/C8H17FN2/c1-3-11-5-7(4-10-2)8(9)6-11/h7-8,10H,3-6H2,1-2H3. The van der Waals surface area contributed by atoms with Gasteiger partial charge in [0.15, 0.2) is 0 Å². The Kier molecular flexibility index (Phi) is 3.27. The zero-order chi connectivity index (χ0) is 8.27. The Labute approximate surface area is 67.8 Å². The fourth-order valence-electron chi connectivity index (χ4n) is 1.63. The molecule has 2 atom stereocenters. The lowest BCUT2D eigenvalue weighted by Gasteiger charge is -2.11. The van der Waals surface area contributed by atoms with E-state index in [0.29, 0.717) is 6.54 Å². The Balaban J connectivity index is 2.32. The van der Waals surface area contributed by atoms with E-state index < -0.39 is 6.17 Å². The molecule has 2 nitrogen and oxygen atoms in total. The van der Waals surface area contributed by atoms with Crippen molar-refractivity contribution >= 4 is 0 Å². The Bertz CT molecular complexity index is 119. The second-order valence-electron chi connectivity index (χ2n) is 3.19. The molecule has 2 unspecified atom stereocenters. The topological polar surface area (TPSA) is 15.3 Å². The lowest BCUT2D eigenvalue weighted by molar-refractivity contribution is 0.272. The second kappa shape index (κ2) is 4.02. The molecule has 66 valence electrons. The maximum absolute atomic E-state index is 13.1. The summed E-state index contributed by atoms with van der Waals surface area (Å²) in [6.45, 7) is 5.40. The van der Waals surface area contributed by atoms with Crippen molar-refractivity contribution in [3.8, 4) is 0 Å². The van der Waals surface area contributed by atoms with Crippen LogP contribution >= 0.6 is 0 Å². The lowest BCUT2D eigenvalue weighted by atomic mass is 10.1. The van der Waals surface area contributed by atoms with Gasteiger partial charge in [0.1, 0.15) is 6.17 Å². The molecule has 11 heavy (non-hydrogen) atoms. The summed E-state index contributed by atoms with van der Waals surface area (Å²) in [5, 5.41) is 3.02. The predicted octanol–water partition coefficient (Wildman–Crippen LogP) is 0.496. The molecule has 1 saturated heterocycles. The molecule has 0 spiro atoms. The molecule has 0 aromatic rings. The van der Waals surface area contributed by atoms with Crippen molar-refractivity contribution in [2.24, 2.45) is 5.92 Å². The first-order valence-corrected chi connectivity index (χ1v) is 4.29. The Morgan fingerprint density at radius 2 is 2.27 bits per heavy atom. The smallest absolute Gasteiger partial charge is 0.118 e. The molecule has 0 aromatic heterocycles. The lowest BCUT2D eigenvalue weighted by Crippen LogP contribution is -2.26. The van der Waals surface area contributed by atoms with Crippen LogP contribution in [0.15, 0.2) is 0 Å². The molecular weight excluding hydrogens is 143 g/mol. The van der Waals surface area contributed by atoms with Crippen molar-refractivity contribution < 1.29 is 4.39 Å². The van der Waals surface area contributed by atoms with Crippen LogP contribution < -0.4 is 5.32 Å². The third-order valence-electron chi connectivity index (χ3n) is 2.35. The van der Waals surface area contributed by atoms with Crippen molar-refractivity contribution in [2.45, 2.75) is 13.1 Å². The van der Waals surface area contributed by atoms with Gasteiger partial charge in [-0.2, -0.15) is 0 Å². The quantitative estimate of drug-likeness (QED) is 0.646. The van der Waals surface area contributed by atoms with Gasteiger partial charge in [-0.3, -0.25) is 0 Å². The summed E-state index contributed by atoms with van der Waals surface area (Å²) in [6.07, 6.45) is -0.623. The van der Waals surface area contributed by atoms with Crippen molar-refractivity contribution in [3.05, 3.63) is 0 Å². The van der Waals surface area contributed by atoms with Gasteiger partial charge in [0, 0.05) is 25.6 Å². The molecule has 0 amide bonds. The largest absolute Gasteiger partial charge is 0.319 e. The zero-order valence-corrected chi connectivity index (χ0v) is 7.31. The van der Waals surface area contributed by atoms with E-state index in [-0.39, 0.29) is 5.92 Å². The van der Waals surface area contributed by atoms with E-state index in [1.165, 1.54) is 0 Å². The highest BCUT2D eigenvalue weighted by molar-refractivity contribution is 4.84. The average Bonchev–Trinajstić information content (AvgIpc) is 2.33. The van der Waals surface area contributed by atoms with Gasteiger partial charge >= 0.3 is 0 Å². The Morgan fingerprint density at radius 1 is 1.55 bits per heavy atom. The number of halogens is 1. The number of nitrogens with one attached hydrogen (secondary N) is 1. The predicted molar refractivity (Wildman–Crippen MR) is 44.4 cm³/mol. The summed E-state index contributed by atoms with van der Waals surface area (Å²) in [5.41, 5.74) is 0. The van der Waals surface area contributed by atoms with Crippen LogP contribution in [-0.4, -0.2) is 44.3 Å². The number of hydrogen-bond donors (Lipinski definition) is 1. The van der Waals surface area contributed by atoms with E-state index in [9.17, 15) is 4.39 Å². The van der Waals surface area contributed by atoms with E-state index in [1.807, 2.05) is 7.05 Å². The highest BCUT2D eigenvalue weighted by atomic mass is 19.1. The molecule has 0 saturated carbocycles. The third kappa shape index (κ3) is 2.14. The van der Waals surface area contributed by atoms with Gasteiger partial charge in [-0.1, -0.05) is 6.92 Å². The van der Waals surface area contributed by atoms with Crippen molar-refractivity contribution in [1.82, 2.24) is 10.2 Å². The molecule has 1 aliphatic heterocycles. The average molecular weight is 160 g/mol. The first-order valence-electron chi connectivity index (χ1n) is 4.29. The van der Waals surface area contributed by atoms with Gasteiger partial charge in [0.05, 0.1) is 0 Å². The molecule has 1 fully saturated rings. The van der Waals surface area contributed by atoms with Crippen LogP contribution in [0, 0.1) is 5.92 Å². The minimum absolute atomic E-state index is 0.208. The van der Waals surface area contributed by atoms with Crippen molar-refractivity contribution in [1.29, 1.82) is 0 Å². The first-order chi connectivity index (χ1) is 5.27. The molecule has 1 heterocycles. The SMILES string of the molecule is CCN1CC(F)C(CNC)C1. The molecule has 0 aromatic carbocycles. The normalized spacial score (nSPS) is 33.0. The van der Waals surface area contributed by atoms with Crippen LogP contribution in [0.2, 0.25) is 0 Å². The van der Waals surface area contributed by atoms with Crippen LogP contribution in [0.5, 0.6) is 0 Å². The van der Waals surface area contributed by atoms with Gasteiger partial charge < -0.3 is 10.2 Å². The monoisotopic (exact) mass is 160 g/mol. The van der Waals surface area contributed by atoms with Gasteiger partial charge in [0.25, 0.3) is 0 Å². The van der Waals surface area contributed by atoms with Gasteiger partial charge in [0.2, 0.25) is 0 Å². The highest BCUT2D eigenvalue weighted by Gasteiger charge is 2.30. The highest BCUT2D eigenvalue weighted by Crippen LogP contribution is 2.18. The molecule has 1 aliphatic rings. The number of nitrogens with zero attached hydrogens (tertiary/aromatic N) is 1. The van der Waals surface area contributed by atoms with Crippen LogP contribution in [0.1, 0.15) is 6.92 Å². The maximum atomic E-state index is 13.1. The van der Waals surface area contributed by atoms with E-state index >= 15 is 0 Å². The van der Waals surface area contributed by atoms with Gasteiger partial charge in [-0.05, 0) is 13.6 Å². The van der Waals surface area contributed by atoms with E-state index in [4.69, 9.17) is 0 Å². The van der Waals surface area contributed by atoms with E-state index in [0.717, 1.165) is 19.6 Å². The minimum atomic E-state index is -0.623. The first kappa shape index (κ1) is 8.94. The molecule has 1 rings (SSSR count). The Hall–Kier alpha value is -0.150. The molecule has 1 N–H and O–H groups in total. The summed E-state index contributed by atoms with van der Waals surface area (Å²) >= 11 is 0. The molecule has 0 bridgehead atoms. The van der Waals surface area contributed by atoms with Crippen LogP contribution in [-0.2, 0) is 0 Å². The number of likely N-dealkylation sites (tertiary alicyclic amines) is 1. The van der Waals surface area contributed by atoms with Crippen LogP contribution in [0.3, 0.4) is 0 Å². The van der Waals surface area contributed by atoms with Crippen LogP contribution in [0.4, 0.5) is 4.39 Å². The third-order valence-corrected chi connectivity index (χ3v) is 2.35. The number of rotatable bonds is 3. The van der Waals surface area contributed by atoms with Gasteiger partial charge in [-0.25, -0.2) is 4.39 Å². The Morgan fingerprint density at radius 3 is 2.73 bits per heavy atom. The van der Waals surface area contributed by atoms with Crippen molar-refractivity contribution in [3.63, 3.8) is 0 Å². The molecule has 0 radical (unpaired) electrons. The minimum Gasteiger partial charge on any atom is -0.319 e. The van der Waals surface area contributed by atoms with Crippen LogP contribution in [0.25, 0.3) is 0 Å². The van der Waals surface area contributed by atoms with Gasteiger partial charge in [-0.15, -0.1) is 0 Å². The van der Waals surface area contributed by atoms with E-state index in [1.54, 1.807) is 0 Å². The summed E-state index contributed by atoms with van der Waals surface area (Å²) in [7, 11) is 1.88. The zero-order valence-electron chi connectivity index (χ0n) is 7.31. The molecular formula is C8H17FN2. The summed E-state index contributed by atoms with van der Waals surface area (Å²) in [5.74, 6) is 0.208. The number of alkyl halides is 1. The fourth-order valence-corrected chi connectivity index (χ4v) is 1.63. The summed E-state index contributed by atoms with van der Waals surface area (Å²) < 4.78 is 13.1. The van der Waals surface area contributed by atoms with E-state index in [2.05, 4.69) is 17.1 Å². The number of hydrogen-bond acceptors (Lipinski definition) is 2. The summed E-state index contributed by atoms with van der Waals surface area (Å²) in [4.78, 5) is 2.16. The summed E-state index contributed by atoms with van der Waals surface area (Å²) in [6, 6.07) is 0. The second-order valence-corrected chi connectivity index (χ2v) is 3.19. The molecule has 3 heteroatoms. The maximum Gasteiger partial charge on any atom is 0.118 e. The van der Waals surface area contributed by atoms with Crippen molar-refractivity contribution in [2.75, 3.05) is 33.2 Å².